The Labute approximate surface area is 368 Å². The molecule has 0 amide bonds. The SMILES string of the molecule is Cc1cccc(C(F)(F)F)c1-c1cc(N2c3c(C)c(C)c(C)c(C)c3Cc3c(C)c(C)c(C)c(C)c32)c(C)c(N2c3c(C)c(C)c(C)c(C)c3Cc3c(C)c(C)c(C)c(C)c32)c1. The van der Waals surface area contributed by atoms with Gasteiger partial charge in [-0.15, -0.1) is 0 Å². The number of aryl methyl sites for hydroxylation is 1. The number of anilines is 6. The Bertz CT molecular complexity index is 2670. The van der Waals surface area contributed by atoms with Gasteiger partial charge in [0.1, 0.15) is 0 Å². The molecule has 0 atom stereocenters. The zero-order chi connectivity index (χ0) is 45.5. The molecule has 5 heteroatoms. The van der Waals surface area contributed by atoms with Gasteiger partial charge in [-0.1, -0.05) is 12.1 Å². The Kier molecular flexibility index (Phi) is 10.2. The quantitative estimate of drug-likeness (QED) is 0.175. The minimum Gasteiger partial charge on any atom is -0.309 e. The van der Waals surface area contributed by atoms with Crippen LogP contribution in [0.2, 0.25) is 0 Å². The van der Waals surface area contributed by atoms with E-state index in [1.165, 1.54) is 123 Å². The van der Waals surface area contributed by atoms with Crippen LogP contribution in [0.3, 0.4) is 0 Å². The number of fused-ring (bicyclic) bond motifs is 4. The van der Waals surface area contributed by atoms with E-state index >= 15 is 13.2 Å². The summed E-state index contributed by atoms with van der Waals surface area (Å²) in [6.45, 7) is 39.7. The van der Waals surface area contributed by atoms with Gasteiger partial charge in [-0.3, -0.25) is 0 Å². The van der Waals surface area contributed by atoms with Crippen molar-refractivity contribution in [1.82, 2.24) is 0 Å². The predicted molar refractivity (Wildman–Crippen MR) is 257 cm³/mol. The molecule has 0 aromatic heterocycles. The van der Waals surface area contributed by atoms with Gasteiger partial charge in [0, 0.05) is 12.8 Å². The lowest BCUT2D eigenvalue weighted by atomic mass is 9.79. The number of nitrogens with zero attached hydrogens (tertiary/aromatic N) is 2. The molecule has 0 N–H and O–H groups in total. The first-order valence-corrected chi connectivity index (χ1v) is 22.2. The van der Waals surface area contributed by atoms with Crippen molar-refractivity contribution < 1.29 is 13.2 Å². The largest absolute Gasteiger partial charge is 0.417 e. The van der Waals surface area contributed by atoms with Crippen LogP contribution >= 0.6 is 0 Å². The van der Waals surface area contributed by atoms with Crippen molar-refractivity contribution in [2.75, 3.05) is 9.80 Å². The van der Waals surface area contributed by atoms with E-state index in [0.717, 1.165) is 52.5 Å². The van der Waals surface area contributed by atoms with Gasteiger partial charge in [0.15, 0.2) is 0 Å². The maximum Gasteiger partial charge on any atom is 0.417 e. The average Bonchev–Trinajstić information content (AvgIpc) is 3.24. The van der Waals surface area contributed by atoms with Crippen LogP contribution in [-0.4, -0.2) is 0 Å². The highest BCUT2D eigenvalue weighted by molar-refractivity contribution is 5.98. The van der Waals surface area contributed by atoms with Crippen molar-refractivity contribution in [1.29, 1.82) is 0 Å². The van der Waals surface area contributed by atoms with Crippen molar-refractivity contribution in [2.24, 2.45) is 0 Å². The molecule has 0 unspecified atom stereocenters. The van der Waals surface area contributed by atoms with Crippen LogP contribution in [0.15, 0.2) is 30.3 Å². The molecule has 2 aliphatic heterocycles. The van der Waals surface area contributed by atoms with E-state index in [1.807, 2.05) is 13.0 Å². The van der Waals surface area contributed by atoms with E-state index in [4.69, 9.17) is 0 Å². The number of alkyl halides is 3. The molecule has 0 saturated heterocycles. The third kappa shape index (κ3) is 5.96. The Morgan fingerprint density at radius 1 is 0.371 bits per heavy atom. The zero-order valence-corrected chi connectivity index (χ0v) is 40.3. The molecule has 0 saturated carbocycles. The smallest absolute Gasteiger partial charge is 0.309 e. The molecule has 0 radical (unpaired) electrons. The van der Waals surface area contributed by atoms with E-state index in [-0.39, 0.29) is 5.56 Å². The molecule has 6 aromatic carbocycles. The van der Waals surface area contributed by atoms with Crippen molar-refractivity contribution >= 4 is 34.1 Å². The van der Waals surface area contributed by atoms with Gasteiger partial charge in [-0.2, -0.15) is 13.2 Å². The van der Waals surface area contributed by atoms with Crippen LogP contribution in [-0.2, 0) is 19.0 Å². The van der Waals surface area contributed by atoms with E-state index in [9.17, 15) is 0 Å². The molecule has 2 heterocycles. The summed E-state index contributed by atoms with van der Waals surface area (Å²) >= 11 is 0. The molecule has 2 aliphatic rings. The normalized spacial score (nSPS) is 13.4. The second-order valence-electron chi connectivity index (χ2n) is 19.0. The van der Waals surface area contributed by atoms with Crippen LogP contribution in [0.4, 0.5) is 47.3 Å². The van der Waals surface area contributed by atoms with E-state index in [2.05, 4.69) is 140 Å². The first-order chi connectivity index (χ1) is 28.9. The lowest BCUT2D eigenvalue weighted by Crippen LogP contribution is -2.27. The Balaban J connectivity index is 1.63. The van der Waals surface area contributed by atoms with Gasteiger partial charge in [0.2, 0.25) is 0 Å². The van der Waals surface area contributed by atoms with Crippen LogP contribution in [0.25, 0.3) is 11.1 Å². The molecule has 6 aromatic rings. The van der Waals surface area contributed by atoms with Crippen LogP contribution in [0, 0.1) is 125 Å². The van der Waals surface area contributed by atoms with Crippen molar-refractivity contribution in [3.63, 3.8) is 0 Å². The fourth-order valence-corrected chi connectivity index (χ4v) is 11.2. The highest BCUT2D eigenvalue weighted by atomic mass is 19.4. The lowest BCUT2D eigenvalue weighted by Gasteiger charge is -2.43. The summed E-state index contributed by atoms with van der Waals surface area (Å²) < 4.78 is 46.2. The molecule has 8 rings (SSSR count). The molecule has 0 spiro atoms. The number of hydrogen-bond acceptors (Lipinski definition) is 2. The Morgan fingerprint density at radius 2 is 0.661 bits per heavy atom. The summed E-state index contributed by atoms with van der Waals surface area (Å²) in [5.74, 6) is 0. The maximum atomic E-state index is 15.4. The zero-order valence-electron chi connectivity index (χ0n) is 40.3. The van der Waals surface area contributed by atoms with Crippen molar-refractivity contribution in [3.05, 3.63) is 158 Å². The van der Waals surface area contributed by atoms with E-state index < -0.39 is 11.7 Å². The third-order valence-corrected chi connectivity index (χ3v) is 16.4. The summed E-state index contributed by atoms with van der Waals surface area (Å²) in [5.41, 5.74) is 33.3. The molecule has 2 nitrogen and oxygen atoms in total. The molecule has 0 fully saturated rings. The second kappa shape index (κ2) is 14.6. The molecular formula is C57H63F3N2. The number of rotatable bonds is 3. The highest BCUT2D eigenvalue weighted by Gasteiger charge is 2.39. The fraction of sp³-hybridized carbons (Fsp3) is 0.368. The van der Waals surface area contributed by atoms with Gasteiger partial charge in [-0.05, 0) is 276 Å². The van der Waals surface area contributed by atoms with Crippen molar-refractivity contribution in [3.8, 4) is 11.1 Å². The molecule has 62 heavy (non-hydrogen) atoms. The van der Waals surface area contributed by atoms with Gasteiger partial charge in [0.05, 0.1) is 39.7 Å². The van der Waals surface area contributed by atoms with Crippen LogP contribution in [0.5, 0.6) is 0 Å². The molecular weight excluding hydrogens is 770 g/mol. The van der Waals surface area contributed by atoms with Gasteiger partial charge >= 0.3 is 6.18 Å². The summed E-state index contributed by atoms with van der Waals surface area (Å²) in [6, 6.07) is 8.75. The predicted octanol–water partition coefficient (Wildman–Crippen LogP) is 16.7. The number of benzene rings is 6. The van der Waals surface area contributed by atoms with E-state index in [1.54, 1.807) is 0 Å². The standard InChI is InChI=1S/C57H63F3N2/c1-26-20-19-21-49(57(58,59)60)52(26)44-22-50(61-53-39(14)31(6)27(2)35(10)45(53)24-46-36(11)28(3)32(7)40(15)54(46)61)43(18)51(23-44)62-55-41(16)33(8)29(4)37(12)47(55)25-48-38(13)30(5)34(9)42(17)56(48)62/h19-23H,24-25H2,1-18H3. The minimum absolute atomic E-state index is 0.222. The van der Waals surface area contributed by atoms with Gasteiger partial charge in [-0.25, -0.2) is 0 Å². The average molecular weight is 833 g/mol. The number of hydrogen-bond donors (Lipinski definition) is 0. The third-order valence-electron chi connectivity index (χ3n) is 16.4. The van der Waals surface area contributed by atoms with Gasteiger partial charge in [0.25, 0.3) is 0 Å². The highest BCUT2D eigenvalue weighted by Crippen LogP contribution is 2.58. The minimum atomic E-state index is -4.56. The second-order valence-corrected chi connectivity index (χ2v) is 19.0. The fourth-order valence-electron chi connectivity index (χ4n) is 11.2. The van der Waals surface area contributed by atoms with Crippen LogP contribution < -0.4 is 9.80 Å². The summed E-state index contributed by atoms with van der Waals surface area (Å²) in [6.07, 6.45) is -2.96. The first kappa shape index (κ1) is 43.4. The lowest BCUT2D eigenvalue weighted by molar-refractivity contribution is -0.137. The summed E-state index contributed by atoms with van der Waals surface area (Å²) in [7, 11) is 0. The molecule has 0 bridgehead atoms. The van der Waals surface area contributed by atoms with E-state index in [0.29, 0.717) is 11.1 Å². The topological polar surface area (TPSA) is 6.48 Å². The monoisotopic (exact) mass is 832 g/mol. The maximum absolute atomic E-state index is 15.4. The van der Waals surface area contributed by atoms with Gasteiger partial charge < -0.3 is 9.80 Å². The molecule has 322 valence electrons. The number of halogens is 3. The molecule has 0 aliphatic carbocycles. The Hall–Kier alpha value is -5.29. The van der Waals surface area contributed by atoms with Crippen molar-refractivity contribution in [2.45, 2.75) is 144 Å². The summed E-state index contributed by atoms with van der Waals surface area (Å²) in [4.78, 5) is 4.93. The summed E-state index contributed by atoms with van der Waals surface area (Å²) in [5, 5.41) is 0. The van der Waals surface area contributed by atoms with Crippen LogP contribution in [0.1, 0.15) is 128 Å². The Morgan fingerprint density at radius 3 is 0.952 bits per heavy atom. The first-order valence-electron chi connectivity index (χ1n) is 22.2.